The van der Waals surface area contributed by atoms with E-state index in [2.05, 4.69) is 53.9 Å². The van der Waals surface area contributed by atoms with Crippen molar-refractivity contribution in [1.82, 2.24) is 5.32 Å². The van der Waals surface area contributed by atoms with Crippen LogP contribution in [-0.2, 0) is 13.0 Å². The van der Waals surface area contributed by atoms with Gasteiger partial charge in [-0.25, -0.2) is 4.79 Å². The van der Waals surface area contributed by atoms with Crippen molar-refractivity contribution in [3.8, 4) is 11.5 Å². The highest BCUT2D eigenvalue weighted by Gasteiger charge is 2.13. The summed E-state index contributed by atoms with van der Waals surface area (Å²) in [6.07, 6.45) is 0.519. The molecule has 0 aliphatic carbocycles. The van der Waals surface area contributed by atoms with Gasteiger partial charge >= 0.3 is 6.09 Å². The van der Waals surface area contributed by atoms with Crippen LogP contribution in [0.4, 0.5) is 4.79 Å². The predicted molar refractivity (Wildman–Crippen MR) is 104 cm³/mol. The molecule has 2 aromatic carbocycles. The topological polar surface area (TPSA) is 47.6 Å². The molecule has 128 valence electrons. The molecular formula is C19H22INO3. The number of benzene rings is 2. The molecule has 2 aromatic rings. The second-order valence-corrected chi connectivity index (χ2v) is 6.70. The average molecular weight is 439 g/mol. The maximum absolute atomic E-state index is 11.5. The van der Waals surface area contributed by atoms with Crippen molar-refractivity contribution in [3.63, 3.8) is 0 Å². The molecule has 0 bridgehead atoms. The van der Waals surface area contributed by atoms with Crippen molar-refractivity contribution in [2.24, 2.45) is 0 Å². The molecule has 0 fully saturated rings. The largest absolute Gasteiger partial charge is 0.488 e. The molecule has 0 aliphatic rings. The highest BCUT2D eigenvalue weighted by Crippen LogP contribution is 2.28. The molecule has 0 atom stereocenters. The summed E-state index contributed by atoms with van der Waals surface area (Å²) in [4.78, 5) is 11.5. The van der Waals surface area contributed by atoms with Crippen molar-refractivity contribution in [3.05, 3.63) is 56.2 Å². The van der Waals surface area contributed by atoms with E-state index in [1.165, 1.54) is 18.2 Å². The van der Waals surface area contributed by atoms with E-state index in [4.69, 9.17) is 9.47 Å². The van der Waals surface area contributed by atoms with Crippen molar-refractivity contribution < 1.29 is 14.3 Å². The Morgan fingerprint density at radius 3 is 2.58 bits per heavy atom. The number of hydrogen-bond donors (Lipinski definition) is 1. The van der Waals surface area contributed by atoms with Crippen LogP contribution in [0.3, 0.4) is 0 Å². The number of carbonyl (C=O) groups excluding carboxylic acids is 1. The summed E-state index contributed by atoms with van der Waals surface area (Å²) in [5, 5.41) is 2.46. The van der Waals surface area contributed by atoms with Gasteiger partial charge in [0.2, 0.25) is 0 Å². The maximum atomic E-state index is 11.5. The van der Waals surface area contributed by atoms with Crippen LogP contribution < -0.4 is 14.8 Å². The molecule has 0 heterocycles. The molecule has 1 N–H and O–H groups in total. The number of rotatable bonds is 5. The quantitative estimate of drug-likeness (QED) is 0.684. The molecule has 4 nitrogen and oxygen atoms in total. The van der Waals surface area contributed by atoms with E-state index in [1.54, 1.807) is 6.07 Å². The normalized spacial score (nSPS) is 10.4. The van der Waals surface area contributed by atoms with E-state index in [9.17, 15) is 4.79 Å². The average Bonchev–Trinajstić information content (AvgIpc) is 2.56. The fourth-order valence-electron chi connectivity index (χ4n) is 2.46. The lowest BCUT2D eigenvalue weighted by molar-refractivity contribution is 0.201. The SMILES string of the molecule is CCc1cc(C)c(OCc2c(I)cccc2OC(=O)NC)cc1C. The number of amides is 1. The smallest absolute Gasteiger partial charge is 0.412 e. The predicted octanol–water partition coefficient (Wildman–Crippen LogP) is 4.77. The number of hydrogen-bond acceptors (Lipinski definition) is 3. The van der Waals surface area contributed by atoms with E-state index in [0.29, 0.717) is 12.4 Å². The van der Waals surface area contributed by atoms with E-state index in [-0.39, 0.29) is 0 Å². The summed E-state index contributed by atoms with van der Waals surface area (Å²) in [5.41, 5.74) is 4.52. The zero-order chi connectivity index (χ0) is 17.7. The molecule has 0 unspecified atom stereocenters. The summed E-state index contributed by atoms with van der Waals surface area (Å²) in [6, 6.07) is 9.84. The van der Waals surface area contributed by atoms with Gasteiger partial charge in [-0.2, -0.15) is 0 Å². The van der Waals surface area contributed by atoms with E-state index in [0.717, 1.165) is 26.9 Å². The van der Waals surface area contributed by atoms with Crippen LogP contribution in [0.5, 0.6) is 11.5 Å². The molecule has 0 radical (unpaired) electrons. The fraction of sp³-hybridized carbons (Fsp3) is 0.316. The molecular weight excluding hydrogens is 417 g/mol. The first-order valence-electron chi connectivity index (χ1n) is 7.86. The zero-order valence-electron chi connectivity index (χ0n) is 14.4. The first-order valence-corrected chi connectivity index (χ1v) is 8.94. The van der Waals surface area contributed by atoms with Gasteiger partial charge in [-0.15, -0.1) is 0 Å². The molecule has 0 saturated heterocycles. The Morgan fingerprint density at radius 1 is 1.17 bits per heavy atom. The number of halogens is 1. The standard InChI is InChI=1S/C19H22INO3/c1-5-14-9-13(3)18(10-12(14)2)23-11-15-16(20)7-6-8-17(15)24-19(22)21-4/h6-10H,5,11H2,1-4H3,(H,21,22). The Kier molecular flexibility index (Phi) is 6.48. The minimum absolute atomic E-state index is 0.344. The van der Waals surface area contributed by atoms with Gasteiger partial charge in [0.15, 0.2) is 0 Å². The van der Waals surface area contributed by atoms with Crippen molar-refractivity contribution >= 4 is 28.7 Å². The number of nitrogens with one attached hydrogen (secondary N) is 1. The van der Waals surface area contributed by atoms with Gasteiger partial charge in [-0.3, -0.25) is 0 Å². The van der Waals surface area contributed by atoms with Gasteiger partial charge in [0.1, 0.15) is 18.1 Å². The third-order valence-electron chi connectivity index (χ3n) is 3.87. The number of carbonyl (C=O) groups is 1. The van der Waals surface area contributed by atoms with Gasteiger partial charge in [-0.05, 0) is 77.7 Å². The Balaban J connectivity index is 2.23. The van der Waals surface area contributed by atoms with Gasteiger partial charge in [0.25, 0.3) is 0 Å². The summed E-state index contributed by atoms with van der Waals surface area (Å²) >= 11 is 2.22. The zero-order valence-corrected chi connectivity index (χ0v) is 16.6. The lowest BCUT2D eigenvalue weighted by atomic mass is 10.0. The third-order valence-corrected chi connectivity index (χ3v) is 4.88. The van der Waals surface area contributed by atoms with Gasteiger partial charge in [0, 0.05) is 16.2 Å². The van der Waals surface area contributed by atoms with Gasteiger partial charge < -0.3 is 14.8 Å². The van der Waals surface area contributed by atoms with Crippen molar-refractivity contribution in [2.75, 3.05) is 7.05 Å². The molecule has 1 amide bonds. The van der Waals surface area contributed by atoms with Crippen LogP contribution in [-0.4, -0.2) is 13.1 Å². The molecule has 5 heteroatoms. The van der Waals surface area contributed by atoms with Crippen LogP contribution >= 0.6 is 22.6 Å². The Morgan fingerprint density at radius 2 is 1.92 bits per heavy atom. The molecule has 0 saturated carbocycles. The van der Waals surface area contributed by atoms with Gasteiger partial charge in [0.05, 0.1) is 0 Å². The van der Waals surface area contributed by atoms with Crippen LogP contribution in [0, 0.1) is 17.4 Å². The van der Waals surface area contributed by atoms with E-state index >= 15 is 0 Å². The molecule has 24 heavy (non-hydrogen) atoms. The number of aryl methyl sites for hydroxylation is 3. The molecule has 2 rings (SSSR count). The Bertz CT molecular complexity index is 744. The van der Waals surface area contributed by atoms with Crippen LogP contribution in [0.25, 0.3) is 0 Å². The third kappa shape index (κ3) is 4.41. The number of ether oxygens (including phenoxy) is 2. The molecule has 0 aliphatic heterocycles. The maximum Gasteiger partial charge on any atom is 0.412 e. The van der Waals surface area contributed by atoms with Crippen LogP contribution in [0.15, 0.2) is 30.3 Å². The second-order valence-electron chi connectivity index (χ2n) is 5.54. The fourth-order valence-corrected chi connectivity index (χ4v) is 3.09. The van der Waals surface area contributed by atoms with Crippen LogP contribution in [0.2, 0.25) is 0 Å². The lowest BCUT2D eigenvalue weighted by Crippen LogP contribution is -2.23. The first kappa shape index (κ1) is 18.6. The van der Waals surface area contributed by atoms with Crippen molar-refractivity contribution in [1.29, 1.82) is 0 Å². The first-order chi connectivity index (χ1) is 11.5. The highest BCUT2D eigenvalue weighted by atomic mass is 127. The summed E-state index contributed by atoms with van der Waals surface area (Å²) in [5.74, 6) is 1.37. The second kappa shape index (κ2) is 8.37. The van der Waals surface area contributed by atoms with E-state index in [1.807, 2.05) is 19.1 Å². The minimum atomic E-state index is -0.488. The van der Waals surface area contributed by atoms with Gasteiger partial charge in [-0.1, -0.05) is 19.1 Å². The Hall–Kier alpha value is -1.76. The minimum Gasteiger partial charge on any atom is -0.488 e. The lowest BCUT2D eigenvalue weighted by Gasteiger charge is -2.15. The summed E-state index contributed by atoms with van der Waals surface area (Å²) < 4.78 is 12.3. The molecule has 0 spiro atoms. The van der Waals surface area contributed by atoms with Crippen molar-refractivity contribution in [2.45, 2.75) is 33.8 Å². The van der Waals surface area contributed by atoms with E-state index < -0.39 is 6.09 Å². The Labute approximate surface area is 156 Å². The summed E-state index contributed by atoms with van der Waals surface area (Å²) in [6.45, 7) is 6.64. The van der Waals surface area contributed by atoms with Crippen LogP contribution in [0.1, 0.15) is 29.2 Å². The highest BCUT2D eigenvalue weighted by molar-refractivity contribution is 14.1. The summed E-state index contributed by atoms with van der Waals surface area (Å²) in [7, 11) is 1.54. The monoisotopic (exact) mass is 439 g/mol. The molecule has 0 aromatic heterocycles.